The summed E-state index contributed by atoms with van der Waals surface area (Å²) in [5, 5.41) is 0.318. The zero-order valence-electron chi connectivity index (χ0n) is 8.20. The highest BCUT2D eigenvalue weighted by atomic mass is 32.2. The highest BCUT2D eigenvalue weighted by Gasteiger charge is 2.27. The lowest BCUT2D eigenvalue weighted by Crippen LogP contribution is -2.12. The van der Waals surface area contributed by atoms with Gasteiger partial charge in [-0.2, -0.15) is 0 Å². The van der Waals surface area contributed by atoms with Gasteiger partial charge in [0.25, 0.3) is 0 Å². The number of nitrogens with two attached hydrogens (primary N) is 1. The molecule has 0 saturated carbocycles. The lowest BCUT2D eigenvalue weighted by atomic mass is 10.1. The zero-order valence-corrected chi connectivity index (χ0v) is 9.02. The summed E-state index contributed by atoms with van der Waals surface area (Å²) in [6.07, 6.45) is 0.889. The zero-order chi connectivity index (χ0) is 10.7. The summed E-state index contributed by atoms with van der Waals surface area (Å²) in [7, 11) is 1.33. The Balaban J connectivity index is 2.82. The number of hydrogen-bond donors (Lipinski definition) is 1. The van der Waals surface area contributed by atoms with Crippen molar-refractivity contribution < 1.29 is 14.3 Å². The maximum Gasteiger partial charge on any atom is 0.344 e. The van der Waals surface area contributed by atoms with E-state index in [-0.39, 0.29) is 12.4 Å². The number of rotatable bonds is 3. The summed E-state index contributed by atoms with van der Waals surface area (Å²) in [4.78, 5) is 22.6. The predicted octanol–water partition coefficient (Wildman–Crippen LogP) is 0.814. The summed E-state index contributed by atoms with van der Waals surface area (Å²) < 4.78 is 4.62. The molecule has 4 nitrogen and oxygen atoms in total. The molecule has 1 heterocycles. The monoisotopic (exact) mass is 215 g/mol. The summed E-state index contributed by atoms with van der Waals surface area (Å²) in [5.74, 6) is -0.772. The van der Waals surface area contributed by atoms with Gasteiger partial charge in [-0.3, -0.25) is 4.79 Å². The van der Waals surface area contributed by atoms with Gasteiger partial charge in [-0.25, -0.2) is 4.79 Å². The fourth-order valence-electron chi connectivity index (χ4n) is 1.41. The lowest BCUT2D eigenvalue weighted by molar-refractivity contribution is -0.135. The average Bonchev–Trinajstić information content (AvgIpc) is 2.44. The SMILES string of the molecule is COC(=O)C1=C(CC(N)=O)CC(C)S1. The minimum absolute atomic E-state index is 0.155. The van der Waals surface area contributed by atoms with Crippen LogP contribution in [0.5, 0.6) is 0 Å². The second kappa shape index (κ2) is 4.50. The number of carbonyl (C=O) groups excluding carboxylic acids is 2. The summed E-state index contributed by atoms with van der Waals surface area (Å²) in [6.45, 7) is 2.00. The van der Waals surface area contributed by atoms with Gasteiger partial charge in [-0.05, 0) is 12.0 Å². The van der Waals surface area contributed by atoms with Gasteiger partial charge in [0.05, 0.1) is 12.0 Å². The molecule has 0 bridgehead atoms. The molecule has 0 saturated heterocycles. The van der Waals surface area contributed by atoms with Gasteiger partial charge in [-0.1, -0.05) is 6.92 Å². The Hall–Kier alpha value is -0.970. The van der Waals surface area contributed by atoms with E-state index in [2.05, 4.69) is 4.74 Å². The van der Waals surface area contributed by atoms with Crippen molar-refractivity contribution in [1.29, 1.82) is 0 Å². The van der Waals surface area contributed by atoms with Crippen LogP contribution in [0.2, 0.25) is 0 Å². The molecule has 1 rings (SSSR count). The maximum atomic E-state index is 11.3. The van der Waals surface area contributed by atoms with Crippen molar-refractivity contribution in [3.8, 4) is 0 Å². The fraction of sp³-hybridized carbons (Fsp3) is 0.556. The van der Waals surface area contributed by atoms with Crippen LogP contribution in [0.25, 0.3) is 0 Å². The van der Waals surface area contributed by atoms with Gasteiger partial charge >= 0.3 is 5.97 Å². The van der Waals surface area contributed by atoms with E-state index in [9.17, 15) is 9.59 Å². The molecule has 0 fully saturated rings. The van der Waals surface area contributed by atoms with Gasteiger partial charge in [0.2, 0.25) is 5.91 Å². The number of ether oxygens (including phenoxy) is 1. The van der Waals surface area contributed by atoms with Crippen LogP contribution >= 0.6 is 11.8 Å². The molecule has 0 aliphatic carbocycles. The molecule has 1 unspecified atom stereocenters. The molecule has 78 valence electrons. The van der Waals surface area contributed by atoms with Crippen molar-refractivity contribution in [1.82, 2.24) is 0 Å². The van der Waals surface area contributed by atoms with E-state index in [0.29, 0.717) is 10.2 Å². The standard InChI is InChI=1S/C9H13NO3S/c1-5-3-6(4-7(10)11)8(14-5)9(12)13-2/h5H,3-4H2,1-2H3,(H2,10,11). The average molecular weight is 215 g/mol. The highest BCUT2D eigenvalue weighted by molar-refractivity contribution is 8.04. The van der Waals surface area contributed by atoms with E-state index >= 15 is 0 Å². The fourth-order valence-corrected chi connectivity index (χ4v) is 2.60. The Morgan fingerprint density at radius 1 is 1.64 bits per heavy atom. The van der Waals surface area contributed by atoms with Crippen molar-refractivity contribution in [2.24, 2.45) is 5.73 Å². The maximum absolute atomic E-state index is 11.3. The van der Waals surface area contributed by atoms with Crippen molar-refractivity contribution in [3.05, 3.63) is 10.5 Å². The topological polar surface area (TPSA) is 69.4 Å². The van der Waals surface area contributed by atoms with E-state index in [1.54, 1.807) is 0 Å². The Labute approximate surface area is 86.9 Å². The van der Waals surface area contributed by atoms with E-state index in [0.717, 1.165) is 12.0 Å². The van der Waals surface area contributed by atoms with Gasteiger partial charge in [0.1, 0.15) is 0 Å². The van der Waals surface area contributed by atoms with E-state index in [4.69, 9.17) is 5.73 Å². The molecular formula is C9H13NO3S. The van der Waals surface area contributed by atoms with Crippen LogP contribution in [-0.4, -0.2) is 24.2 Å². The third-order valence-electron chi connectivity index (χ3n) is 1.93. The normalized spacial score (nSPS) is 21.1. The molecule has 1 aliphatic rings. The van der Waals surface area contributed by atoms with Crippen molar-refractivity contribution in [2.45, 2.75) is 25.0 Å². The third-order valence-corrected chi connectivity index (χ3v) is 3.19. The second-order valence-corrected chi connectivity index (χ2v) is 4.65. The Morgan fingerprint density at radius 2 is 2.29 bits per heavy atom. The second-order valence-electron chi connectivity index (χ2n) is 3.20. The number of thioether (sulfide) groups is 1. The predicted molar refractivity (Wildman–Crippen MR) is 54.5 cm³/mol. The van der Waals surface area contributed by atoms with Crippen LogP contribution in [0, 0.1) is 0 Å². The van der Waals surface area contributed by atoms with E-state index in [1.807, 2.05) is 6.92 Å². The van der Waals surface area contributed by atoms with Crippen LogP contribution in [-0.2, 0) is 14.3 Å². The third kappa shape index (κ3) is 2.51. The molecule has 0 aromatic rings. The van der Waals surface area contributed by atoms with Crippen LogP contribution in [0.1, 0.15) is 19.8 Å². The van der Waals surface area contributed by atoms with Crippen molar-refractivity contribution >= 4 is 23.6 Å². The largest absolute Gasteiger partial charge is 0.465 e. The first kappa shape index (κ1) is 11.1. The van der Waals surface area contributed by atoms with Gasteiger partial charge in [-0.15, -0.1) is 11.8 Å². The number of hydrogen-bond acceptors (Lipinski definition) is 4. The molecule has 1 aliphatic heterocycles. The van der Waals surface area contributed by atoms with E-state index in [1.165, 1.54) is 18.9 Å². The molecule has 1 amide bonds. The Kier molecular flexibility index (Phi) is 3.57. The number of primary amides is 1. The molecule has 0 spiro atoms. The smallest absolute Gasteiger partial charge is 0.344 e. The molecule has 1 atom stereocenters. The molecule has 0 aromatic carbocycles. The van der Waals surface area contributed by atoms with Gasteiger partial charge in [0.15, 0.2) is 0 Å². The van der Waals surface area contributed by atoms with Crippen LogP contribution in [0.15, 0.2) is 10.5 Å². The number of esters is 1. The number of carbonyl (C=O) groups is 2. The van der Waals surface area contributed by atoms with Crippen LogP contribution in [0.4, 0.5) is 0 Å². The van der Waals surface area contributed by atoms with Crippen LogP contribution < -0.4 is 5.73 Å². The summed E-state index contributed by atoms with van der Waals surface area (Å²) in [6, 6.07) is 0. The van der Waals surface area contributed by atoms with Gasteiger partial charge < -0.3 is 10.5 Å². The minimum atomic E-state index is -0.406. The molecule has 0 radical (unpaired) electrons. The Morgan fingerprint density at radius 3 is 2.79 bits per heavy atom. The Bertz CT molecular complexity index is 298. The summed E-state index contributed by atoms with van der Waals surface area (Å²) >= 11 is 1.45. The molecule has 14 heavy (non-hydrogen) atoms. The lowest BCUT2D eigenvalue weighted by Gasteiger charge is -2.01. The first-order valence-corrected chi connectivity index (χ1v) is 5.18. The number of amides is 1. The van der Waals surface area contributed by atoms with E-state index < -0.39 is 5.91 Å². The van der Waals surface area contributed by atoms with Gasteiger partial charge in [0, 0.05) is 11.7 Å². The molecule has 0 aromatic heterocycles. The van der Waals surface area contributed by atoms with Crippen molar-refractivity contribution in [3.63, 3.8) is 0 Å². The molecule has 2 N–H and O–H groups in total. The van der Waals surface area contributed by atoms with Crippen molar-refractivity contribution in [2.75, 3.05) is 7.11 Å². The molecule has 5 heteroatoms. The number of methoxy groups -OCH3 is 1. The first-order chi connectivity index (χ1) is 6.54. The quantitative estimate of drug-likeness (QED) is 0.707. The molecular weight excluding hydrogens is 202 g/mol. The summed E-state index contributed by atoms with van der Waals surface area (Å²) in [5.41, 5.74) is 5.89. The first-order valence-electron chi connectivity index (χ1n) is 4.30. The highest BCUT2D eigenvalue weighted by Crippen LogP contribution is 2.39. The minimum Gasteiger partial charge on any atom is -0.465 e. The van der Waals surface area contributed by atoms with Crippen LogP contribution in [0.3, 0.4) is 0 Å².